The quantitative estimate of drug-likeness (QED) is 0.754. The van der Waals surface area contributed by atoms with Gasteiger partial charge in [-0.05, 0) is 44.4 Å². The Kier molecular flexibility index (Phi) is 5.92. The molecule has 5 nitrogen and oxygen atoms in total. The highest BCUT2D eigenvalue weighted by Crippen LogP contribution is 2.23. The zero-order valence-corrected chi connectivity index (χ0v) is 12.3. The van der Waals surface area contributed by atoms with E-state index >= 15 is 0 Å². The first-order valence-corrected chi connectivity index (χ1v) is 6.88. The fourth-order valence-corrected chi connectivity index (χ4v) is 1.82. The Morgan fingerprint density at radius 2 is 1.76 bits per heavy atom. The molecule has 1 rings (SSSR count). The molecule has 2 N–H and O–H groups in total. The van der Waals surface area contributed by atoms with Crippen LogP contribution in [0.15, 0.2) is 24.3 Å². The number of hydrogen-bond donors (Lipinski definition) is 2. The lowest BCUT2D eigenvalue weighted by atomic mass is 9.86. The van der Waals surface area contributed by atoms with Crippen molar-refractivity contribution in [1.82, 2.24) is 0 Å². The number of carboxylic acids is 1. The van der Waals surface area contributed by atoms with E-state index in [0.29, 0.717) is 24.9 Å². The van der Waals surface area contributed by atoms with Crippen molar-refractivity contribution in [3.63, 3.8) is 0 Å². The van der Waals surface area contributed by atoms with E-state index in [1.54, 1.807) is 12.1 Å². The Hall–Kier alpha value is -2.35. The van der Waals surface area contributed by atoms with E-state index in [9.17, 15) is 9.59 Å². The molecule has 0 aliphatic rings. The summed E-state index contributed by atoms with van der Waals surface area (Å²) in [6, 6.07) is 9.41. The Labute approximate surface area is 124 Å². The zero-order valence-electron chi connectivity index (χ0n) is 12.3. The summed E-state index contributed by atoms with van der Waals surface area (Å²) in [5, 5.41) is 20.3. The number of unbranched alkanes of at least 4 members (excludes halogenated alkanes) is 1. The molecule has 21 heavy (non-hydrogen) atoms. The van der Waals surface area contributed by atoms with Gasteiger partial charge in [0.1, 0.15) is 0 Å². The van der Waals surface area contributed by atoms with Gasteiger partial charge in [-0.15, -0.1) is 0 Å². The molecule has 1 aromatic carbocycles. The Bertz CT molecular complexity index is 542. The zero-order chi connectivity index (χ0) is 15.9. The topological polar surface area (TPSA) is 90.2 Å². The maximum absolute atomic E-state index is 11.7. The number of carbonyl (C=O) groups excluding carboxylic acids is 1. The molecule has 0 aliphatic heterocycles. The highest BCUT2D eigenvalue weighted by molar-refractivity contribution is 5.90. The molecular weight excluding hydrogens is 268 g/mol. The molecule has 0 bridgehead atoms. The van der Waals surface area contributed by atoms with E-state index in [2.05, 4.69) is 11.4 Å². The number of aliphatic carboxylic acids is 1. The van der Waals surface area contributed by atoms with Crippen molar-refractivity contribution >= 4 is 17.6 Å². The fourth-order valence-electron chi connectivity index (χ4n) is 1.82. The van der Waals surface area contributed by atoms with Crippen LogP contribution in [0, 0.1) is 11.3 Å². The third kappa shape index (κ3) is 5.65. The summed E-state index contributed by atoms with van der Waals surface area (Å²) in [5.41, 5.74) is 1.01. The summed E-state index contributed by atoms with van der Waals surface area (Å²) in [7, 11) is 0. The predicted molar refractivity (Wildman–Crippen MR) is 79.8 cm³/mol. The van der Waals surface area contributed by atoms with E-state index in [1.807, 2.05) is 26.0 Å². The number of carbonyl (C=O) groups is 2. The van der Waals surface area contributed by atoms with E-state index in [1.165, 1.54) is 0 Å². The number of carboxylic acid groups (broad SMARTS) is 1. The van der Waals surface area contributed by atoms with Crippen molar-refractivity contribution < 1.29 is 14.7 Å². The van der Waals surface area contributed by atoms with Gasteiger partial charge in [0.05, 0.1) is 11.5 Å². The molecule has 0 aliphatic carbocycles. The second-order valence-electron chi connectivity index (χ2n) is 5.46. The van der Waals surface area contributed by atoms with Gasteiger partial charge in [-0.2, -0.15) is 5.26 Å². The Morgan fingerprint density at radius 1 is 1.19 bits per heavy atom. The molecule has 0 radical (unpaired) electrons. The highest BCUT2D eigenvalue weighted by Gasteiger charge is 2.19. The van der Waals surface area contributed by atoms with E-state index in [-0.39, 0.29) is 12.3 Å². The predicted octanol–water partition coefficient (Wildman–Crippen LogP) is 3.07. The minimum atomic E-state index is -0.842. The van der Waals surface area contributed by atoms with Crippen LogP contribution < -0.4 is 5.32 Å². The molecule has 0 unspecified atom stereocenters. The van der Waals surface area contributed by atoms with Crippen LogP contribution >= 0.6 is 0 Å². The second-order valence-corrected chi connectivity index (χ2v) is 5.46. The molecule has 0 spiro atoms. The average Bonchev–Trinajstić information content (AvgIpc) is 2.44. The highest BCUT2D eigenvalue weighted by atomic mass is 16.4. The summed E-state index contributed by atoms with van der Waals surface area (Å²) < 4.78 is 0. The van der Waals surface area contributed by atoms with Crippen molar-refractivity contribution in [1.29, 1.82) is 5.26 Å². The summed E-state index contributed by atoms with van der Waals surface area (Å²) in [6.07, 6.45) is 1.44. The van der Waals surface area contributed by atoms with Crippen LogP contribution in [0.5, 0.6) is 0 Å². The molecule has 1 amide bonds. The van der Waals surface area contributed by atoms with Crippen LogP contribution in [0.1, 0.15) is 45.1 Å². The number of hydrogen-bond acceptors (Lipinski definition) is 3. The molecule has 0 saturated carbocycles. The van der Waals surface area contributed by atoms with Gasteiger partial charge in [0.25, 0.3) is 0 Å². The summed E-state index contributed by atoms with van der Waals surface area (Å²) in [6.45, 7) is 3.67. The van der Waals surface area contributed by atoms with Gasteiger partial charge in [-0.25, -0.2) is 0 Å². The SMILES string of the molecule is CC(C)(C#N)c1ccc(NC(=O)CCCCC(=O)O)cc1. The lowest BCUT2D eigenvalue weighted by Gasteiger charge is -2.16. The smallest absolute Gasteiger partial charge is 0.303 e. The monoisotopic (exact) mass is 288 g/mol. The van der Waals surface area contributed by atoms with Crippen molar-refractivity contribution in [3.05, 3.63) is 29.8 Å². The normalized spacial score (nSPS) is 10.7. The molecule has 0 fully saturated rings. The summed E-state index contributed by atoms with van der Waals surface area (Å²) in [5.74, 6) is -0.973. The lowest BCUT2D eigenvalue weighted by Crippen LogP contribution is -2.14. The van der Waals surface area contributed by atoms with Crippen LogP contribution in [-0.2, 0) is 15.0 Å². The average molecular weight is 288 g/mol. The number of anilines is 1. The van der Waals surface area contributed by atoms with Gasteiger partial charge in [-0.3, -0.25) is 9.59 Å². The molecule has 112 valence electrons. The van der Waals surface area contributed by atoms with Crippen molar-refractivity contribution in [3.8, 4) is 6.07 Å². The van der Waals surface area contributed by atoms with Gasteiger partial charge in [-0.1, -0.05) is 12.1 Å². The van der Waals surface area contributed by atoms with E-state index < -0.39 is 11.4 Å². The molecule has 0 atom stereocenters. The Morgan fingerprint density at radius 3 is 2.29 bits per heavy atom. The number of amides is 1. The largest absolute Gasteiger partial charge is 0.481 e. The molecule has 0 heterocycles. The first-order chi connectivity index (χ1) is 9.85. The van der Waals surface area contributed by atoms with Crippen molar-refractivity contribution in [2.75, 3.05) is 5.32 Å². The summed E-state index contributed by atoms with van der Waals surface area (Å²) >= 11 is 0. The van der Waals surface area contributed by atoms with Crippen LogP contribution in [0.3, 0.4) is 0 Å². The third-order valence-corrected chi connectivity index (χ3v) is 3.21. The van der Waals surface area contributed by atoms with Crippen LogP contribution in [-0.4, -0.2) is 17.0 Å². The minimum absolute atomic E-state index is 0.0885. The fraction of sp³-hybridized carbons (Fsp3) is 0.438. The number of nitrogens with zero attached hydrogens (tertiary/aromatic N) is 1. The first-order valence-electron chi connectivity index (χ1n) is 6.88. The van der Waals surface area contributed by atoms with Gasteiger partial charge in [0.15, 0.2) is 0 Å². The summed E-state index contributed by atoms with van der Waals surface area (Å²) in [4.78, 5) is 22.0. The third-order valence-electron chi connectivity index (χ3n) is 3.21. The number of benzene rings is 1. The lowest BCUT2D eigenvalue weighted by molar-refractivity contribution is -0.137. The number of nitrogens with one attached hydrogen (secondary N) is 1. The molecule has 1 aromatic rings. The van der Waals surface area contributed by atoms with Crippen LogP contribution in [0.4, 0.5) is 5.69 Å². The van der Waals surface area contributed by atoms with Crippen molar-refractivity contribution in [2.45, 2.75) is 44.9 Å². The van der Waals surface area contributed by atoms with Crippen LogP contribution in [0.25, 0.3) is 0 Å². The van der Waals surface area contributed by atoms with Crippen LogP contribution in [0.2, 0.25) is 0 Å². The maximum atomic E-state index is 11.7. The van der Waals surface area contributed by atoms with Crippen molar-refractivity contribution in [2.24, 2.45) is 0 Å². The molecule has 5 heteroatoms. The van der Waals surface area contributed by atoms with Gasteiger partial charge in [0.2, 0.25) is 5.91 Å². The van der Waals surface area contributed by atoms with E-state index in [4.69, 9.17) is 10.4 Å². The Balaban J connectivity index is 2.47. The number of rotatable bonds is 7. The van der Waals surface area contributed by atoms with Gasteiger partial charge in [0, 0.05) is 18.5 Å². The van der Waals surface area contributed by atoms with E-state index in [0.717, 1.165) is 5.56 Å². The standard InChI is InChI=1S/C16H20N2O3/c1-16(2,11-17)12-7-9-13(10-8-12)18-14(19)5-3-4-6-15(20)21/h7-10H,3-6H2,1-2H3,(H,18,19)(H,20,21). The maximum Gasteiger partial charge on any atom is 0.303 e. The molecule has 0 aromatic heterocycles. The van der Waals surface area contributed by atoms with Gasteiger partial charge < -0.3 is 10.4 Å². The van der Waals surface area contributed by atoms with Gasteiger partial charge >= 0.3 is 5.97 Å². The molecular formula is C16H20N2O3. The second kappa shape index (κ2) is 7.44. The molecule has 0 saturated heterocycles. The first kappa shape index (κ1) is 16.7. The number of nitriles is 1. The minimum Gasteiger partial charge on any atom is -0.481 e.